The van der Waals surface area contributed by atoms with Gasteiger partial charge in [0.1, 0.15) is 11.2 Å². The van der Waals surface area contributed by atoms with Gasteiger partial charge in [-0.15, -0.1) is 11.3 Å². The molecule has 0 amide bonds. The van der Waals surface area contributed by atoms with Crippen molar-refractivity contribution in [3.63, 3.8) is 0 Å². The van der Waals surface area contributed by atoms with Crippen LogP contribution in [0.4, 0.5) is 17.1 Å². The molecule has 9 aromatic rings. The molecule has 0 N–H and O–H groups in total. The van der Waals surface area contributed by atoms with Gasteiger partial charge in [-0.05, 0) is 42.5 Å². The highest BCUT2D eigenvalue weighted by Crippen LogP contribution is 2.47. The van der Waals surface area contributed by atoms with Gasteiger partial charge in [0, 0.05) is 54.1 Å². The molecule has 0 bridgehead atoms. The van der Waals surface area contributed by atoms with Crippen LogP contribution in [0.5, 0.6) is 0 Å². The fraction of sp³-hybridized carbons (Fsp3) is 0. The summed E-state index contributed by atoms with van der Waals surface area (Å²) in [5.41, 5.74) is 10.3. The Morgan fingerprint density at radius 1 is 0.511 bits per heavy atom. The first-order valence-corrected chi connectivity index (χ1v) is 16.1. The number of rotatable bonds is 3. The second-order valence-electron chi connectivity index (χ2n) is 11.7. The van der Waals surface area contributed by atoms with E-state index in [1.807, 2.05) is 17.4 Å². The molecular weight excluding hydrogens is 567 g/mol. The molecule has 0 saturated heterocycles. The number of benzene rings is 6. The summed E-state index contributed by atoms with van der Waals surface area (Å²) < 4.78 is 11.6. The van der Waals surface area contributed by atoms with Gasteiger partial charge in [-0.25, -0.2) is 0 Å². The molecule has 1 aliphatic heterocycles. The highest BCUT2D eigenvalue weighted by molar-refractivity contribution is 7.33. The van der Waals surface area contributed by atoms with Crippen LogP contribution in [0.3, 0.4) is 0 Å². The van der Waals surface area contributed by atoms with Crippen LogP contribution in [0, 0.1) is 0 Å². The molecule has 0 radical (unpaired) electrons. The number of aromatic nitrogens is 1. The Hall–Kier alpha value is -5.52. The topological polar surface area (TPSA) is 21.3 Å². The third-order valence-corrected chi connectivity index (χ3v) is 10.5. The van der Waals surface area contributed by atoms with Crippen LogP contribution in [0.2, 0.25) is 0 Å². The van der Waals surface area contributed by atoms with Crippen molar-refractivity contribution in [2.45, 2.75) is 0 Å². The molecule has 4 heterocycles. The largest absolute Gasteiger partial charge is 0.456 e. The van der Waals surface area contributed by atoms with Crippen molar-refractivity contribution in [3.05, 3.63) is 152 Å². The van der Waals surface area contributed by atoms with Crippen molar-refractivity contribution in [1.29, 1.82) is 0 Å². The van der Waals surface area contributed by atoms with E-state index in [9.17, 15) is 0 Å². The zero-order chi connectivity index (χ0) is 29.5. The number of fused-ring (bicyclic) bond motifs is 9. The number of furan rings is 1. The smallest absolute Gasteiger partial charge is 0.280 e. The normalized spacial score (nSPS) is 12.8. The van der Waals surface area contributed by atoms with E-state index in [2.05, 4.69) is 155 Å². The highest BCUT2D eigenvalue weighted by atomic mass is 32.1. The Morgan fingerprint density at radius 3 is 2.02 bits per heavy atom. The van der Waals surface area contributed by atoms with Crippen LogP contribution in [0.1, 0.15) is 0 Å². The van der Waals surface area contributed by atoms with Gasteiger partial charge in [0.15, 0.2) is 0 Å². The summed E-state index contributed by atoms with van der Waals surface area (Å²) in [6.45, 7) is 0.0485. The van der Waals surface area contributed by atoms with Gasteiger partial charge in [-0.3, -0.25) is 0 Å². The predicted octanol–water partition coefficient (Wildman–Crippen LogP) is 9.04. The average Bonchev–Trinajstić information content (AvgIpc) is 3.77. The van der Waals surface area contributed by atoms with E-state index in [-0.39, 0.29) is 6.71 Å². The molecule has 0 fully saturated rings. The summed E-state index contributed by atoms with van der Waals surface area (Å²) in [5.74, 6) is 0. The van der Waals surface area contributed by atoms with Crippen LogP contribution in [0.25, 0.3) is 48.6 Å². The van der Waals surface area contributed by atoms with Crippen molar-refractivity contribution in [2.75, 3.05) is 4.90 Å². The standard InChI is InChI=1S/C40H25BN2OS/c1-3-13-26(14-4-1)41-39-37(31-18-7-10-20-33(31)42(39)27-15-5-2-6-16-27)43(38-32-19-9-12-22-36(32)45-40(38)41)28-23-24-30-29-17-8-11-21-34(29)44-35(30)25-28/h1-25H. The molecule has 6 aromatic carbocycles. The number of thiophene rings is 1. The molecule has 3 aromatic heterocycles. The van der Waals surface area contributed by atoms with Gasteiger partial charge in [0.05, 0.1) is 16.9 Å². The van der Waals surface area contributed by atoms with E-state index in [1.165, 1.54) is 48.2 Å². The molecule has 0 atom stereocenters. The van der Waals surface area contributed by atoms with Crippen molar-refractivity contribution < 1.29 is 4.42 Å². The second-order valence-corrected chi connectivity index (χ2v) is 12.8. The van der Waals surface area contributed by atoms with Gasteiger partial charge < -0.3 is 13.9 Å². The molecule has 0 spiro atoms. The summed E-state index contributed by atoms with van der Waals surface area (Å²) in [6, 6.07) is 54.6. The van der Waals surface area contributed by atoms with E-state index >= 15 is 0 Å². The first-order chi connectivity index (χ1) is 22.3. The van der Waals surface area contributed by atoms with E-state index in [4.69, 9.17) is 4.42 Å². The molecule has 0 unspecified atom stereocenters. The monoisotopic (exact) mass is 592 g/mol. The highest BCUT2D eigenvalue weighted by Gasteiger charge is 2.42. The van der Waals surface area contributed by atoms with Crippen LogP contribution in [-0.4, -0.2) is 11.3 Å². The Labute approximate surface area is 264 Å². The molecule has 0 saturated carbocycles. The predicted molar refractivity (Wildman–Crippen MR) is 192 cm³/mol. The minimum absolute atomic E-state index is 0.0485. The molecule has 0 aliphatic carbocycles. The number of para-hydroxylation sites is 3. The first-order valence-electron chi connectivity index (χ1n) is 15.3. The second kappa shape index (κ2) is 9.49. The number of hydrogen-bond donors (Lipinski definition) is 0. The number of nitrogens with zero attached hydrogens (tertiary/aromatic N) is 2. The van der Waals surface area contributed by atoms with Crippen LogP contribution in [-0.2, 0) is 0 Å². The molecule has 3 nitrogen and oxygen atoms in total. The van der Waals surface area contributed by atoms with Gasteiger partial charge in [-0.1, -0.05) is 109 Å². The van der Waals surface area contributed by atoms with Gasteiger partial charge in [0.2, 0.25) is 0 Å². The summed E-state index contributed by atoms with van der Waals surface area (Å²) in [7, 11) is 0. The van der Waals surface area contributed by atoms with Gasteiger partial charge >= 0.3 is 0 Å². The Kier molecular flexibility index (Phi) is 5.25. The van der Waals surface area contributed by atoms with Gasteiger partial charge in [-0.2, -0.15) is 0 Å². The van der Waals surface area contributed by atoms with E-state index < -0.39 is 0 Å². The minimum Gasteiger partial charge on any atom is -0.456 e. The fourth-order valence-corrected chi connectivity index (χ4v) is 8.70. The van der Waals surface area contributed by atoms with Crippen molar-refractivity contribution in [2.24, 2.45) is 0 Å². The lowest BCUT2D eigenvalue weighted by molar-refractivity contribution is 0.669. The quantitative estimate of drug-likeness (QED) is 0.191. The minimum atomic E-state index is 0.0485. The Morgan fingerprint density at radius 2 is 1.18 bits per heavy atom. The van der Waals surface area contributed by atoms with Crippen molar-refractivity contribution in [1.82, 2.24) is 4.57 Å². The molecule has 10 rings (SSSR count). The molecule has 1 aliphatic rings. The molecule has 45 heavy (non-hydrogen) atoms. The maximum Gasteiger partial charge on any atom is 0.280 e. The van der Waals surface area contributed by atoms with Crippen molar-refractivity contribution >= 4 is 93.9 Å². The lowest BCUT2D eigenvalue weighted by Crippen LogP contribution is -2.58. The van der Waals surface area contributed by atoms with Crippen LogP contribution in [0.15, 0.2) is 156 Å². The lowest BCUT2D eigenvalue weighted by Gasteiger charge is -2.34. The summed E-state index contributed by atoms with van der Waals surface area (Å²) in [4.78, 5) is 2.51. The van der Waals surface area contributed by atoms with Crippen LogP contribution < -0.4 is 20.7 Å². The Bertz CT molecular complexity index is 2560. The summed E-state index contributed by atoms with van der Waals surface area (Å²) in [6.07, 6.45) is 0. The van der Waals surface area contributed by atoms with Gasteiger partial charge in [0.25, 0.3) is 6.71 Å². The van der Waals surface area contributed by atoms with E-state index in [1.54, 1.807) is 0 Å². The first kappa shape index (κ1) is 24.9. The third kappa shape index (κ3) is 3.53. The molecule has 5 heteroatoms. The number of anilines is 3. The number of hydrogen-bond acceptors (Lipinski definition) is 3. The zero-order valence-electron chi connectivity index (χ0n) is 24.2. The van der Waals surface area contributed by atoms with Crippen LogP contribution >= 0.6 is 11.3 Å². The van der Waals surface area contributed by atoms with Crippen molar-refractivity contribution in [3.8, 4) is 5.69 Å². The Balaban J connectivity index is 1.37. The SMILES string of the molecule is c1ccc(B2c3sc4ccccc4c3N(c3ccc4c(c3)oc3ccccc34)c3c2n(-c2ccccc2)c2ccccc32)cc1. The molecular formula is C40H25BN2OS. The average molecular weight is 593 g/mol. The maximum atomic E-state index is 6.45. The zero-order valence-corrected chi connectivity index (χ0v) is 25.0. The summed E-state index contributed by atoms with van der Waals surface area (Å²) in [5, 5.41) is 4.77. The molecule has 210 valence electrons. The third-order valence-electron chi connectivity index (χ3n) is 9.23. The maximum absolute atomic E-state index is 6.45. The lowest BCUT2D eigenvalue weighted by atomic mass is 9.39. The summed E-state index contributed by atoms with van der Waals surface area (Å²) >= 11 is 1.91. The van der Waals surface area contributed by atoms with E-state index in [0.29, 0.717) is 0 Å². The van der Waals surface area contributed by atoms with E-state index in [0.717, 1.165) is 33.3 Å². The fourth-order valence-electron chi connectivity index (χ4n) is 7.38.